The standard InChI is InChI=1S/C26H33FN2O/c1-25-13-11-20(30)15-18(25)5-8-21-22-9-10-24(26(22,2)14-12-23(21)25)29-28-16-17-3-6-19(27)7-4-17/h3-7,16,20-23,30H,8-15H2,1-2H3/b28-16+,29-24-/t20-,21-,22-,23-,25-,26-/m0/s1. The van der Waals surface area contributed by atoms with Gasteiger partial charge >= 0.3 is 0 Å². The van der Waals surface area contributed by atoms with Crippen molar-refractivity contribution in [2.75, 3.05) is 0 Å². The number of nitrogens with zero attached hydrogens (tertiary/aromatic N) is 2. The number of aliphatic hydroxyl groups excluding tert-OH is 1. The van der Waals surface area contributed by atoms with Gasteiger partial charge in [0.2, 0.25) is 0 Å². The fourth-order valence-corrected chi connectivity index (χ4v) is 7.31. The number of benzene rings is 1. The van der Waals surface area contributed by atoms with Gasteiger partial charge in [-0.25, -0.2) is 4.39 Å². The summed E-state index contributed by atoms with van der Waals surface area (Å²) in [4.78, 5) is 0. The van der Waals surface area contributed by atoms with Gasteiger partial charge in [-0.15, -0.1) is 0 Å². The molecule has 0 spiro atoms. The molecule has 0 aliphatic heterocycles. The summed E-state index contributed by atoms with van der Waals surface area (Å²) in [7, 11) is 0. The van der Waals surface area contributed by atoms with Crippen LogP contribution >= 0.6 is 0 Å². The molecule has 4 aliphatic carbocycles. The van der Waals surface area contributed by atoms with Crippen molar-refractivity contribution >= 4 is 11.9 Å². The van der Waals surface area contributed by atoms with Gasteiger partial charge in [-0.1, -0.05) is 37.6 Å². The highest BCUT2D eigenvalue weighted by Crippen LogP contribution is 2.64. The van der Waals surface area contributed by atoms with E-state index in [0.717, 1.165) is 49.5 Å². The van der Waals surface area contributed by atoms with E-state index in [1.54, 1.807) is 18.3 Å². The molecule has 0 radical (unpaired) electrons. The largest absolute Gasteiger partial charge is 0.393 e. The Kier molecular flexibility index (Phi) is 4.96. The van der Waals surface area contributed by atoms with Gasteiger partial charge in [0.05, 0.1) is 12.3 Å². The third-order valence-electron chi connectivity index (χ3n) is 9.07. The van der Waals surface area contributed by atoms with Crippen molar-refractivity contribution in [3.63, 3.8) is 0 Å². The molecular weight excluding hydrogens is 375 g/mol. The highest BCUT2D eigenvalue weighted by atomic mass is 19.1. The van der Waals surface area contributed by atoms with Crippen molar-refractivity contribution in [3.05, 3.63) is 47.3 Å². The molecule has 30 heavy (non-hydrogen) atoms. The number of fused-ring (bicyclic) bond motifs is 5. The fraction of sp³-hybridized carbons (Fsp3) is 0.615. The first-order chi connectivity index (χ1) is 14.4. The van der Waals surface area contributed by atoms with Crippen molar-refractivity contribution in [1.29, 1.82) is 0 Å². The third-order valence-corrected chi connectivity index (χ3v) is 9.07. The quantitative estimate of drug-likeness (QED) is 0.368. The Morgan fingerprint density at radius 1 is 1.03 bits per heavy atom. The average molecular weight is 409 g/mol. The Balaban J connectivity index is 1.37. The SMILES string of the molecule is C[C@]12CC[C@H](O)CC1=CC[C@@H]1[C@@H]2CC[C@]2(C)/C(=N\N=C\c3ccc(F)cc3)CC[C@@H]12. The van der Waals surface area contributed by atoms with E-state index in [1.807, 2.05) is 0 Å². The summed E-state index contributed by atoms with van der Waals surface area (Å²) >= 11 is 0. The van der Waals surface area contributed by atoms with E-state index in [2.05, 4.69) is 30.1 Å². The number of rotatable bonds is 2. The number of hydrogen-bond donors (Lipinski definition) is 1. The van der Waals surface area contributed by atoms with Crippen molar-refractivity contribution in [2.24, 2.45) is 38.8 Å². The predicted molar refractivity (Wildman–Crippen MR) is 119 cm³/mol. The molecule has 6 atom stereocenters. The summed E-state index contributed by atoms with van der Waals surface area (Å²) in [5, 5.41) is 19.2. The molecule has 4 heteroatoms. The van der Waals surface area contributed by atoms with E-state index < -0.39 is 0 Å². The van der Waals surface area contributed by atoms with Crippen LogP contribution in [0, 0.1) is 34.4 Å². The van der Waals surface area contributed by atoms with Crippen LogP contribution in [0.25, 0.3) is 0 Å². The lowest BCUT2D eigenvalue weighted by Crippen LogP contribution is -2.50. The summed E-state index contributed by atoms with van der Waals surface area (Å²) in [6.45, 7) is 4.89. The number of aliphatic hydroxyl groups is 1. The molecule has 1 N–H and O–H groups in total. The normalized spacial score (nSPS) is 42.0. The molecule has 0 unspecified atom stereocenters. The summed E-state index contributed by atoms with van der Waals surface area (Å²) in [6, 6.07) is 6.38. The molecule has 4 aliphatic rings. The molecule has 3 saturated carbocycles. The second kappa shape index (κ2) is 7.40. The van der Waals surface area contributed by atoms with Gasteiger partial charge in [0.1, 0.15) is 5.82 Å². The topological polar surface area (TPSA) is 45.0 Å². The smallest absolute Gasteiger partial charge is 0.123 e. The summed E-state index contributed by atoms with van der Waals surface area (Å²) in [6.07, 6.45) is 12.9. The van der Waals surface area contributed by atoms with E-state index in [1.165, 1.54) is 42.7 Å². The zero-order chi connectivity index (χ0) is 20.9. The Morgan fingerprint density at radius 3 is 2.57 bits per heavy atom. The number of allylic oxidation sites excluding steroid dienone is 1. The van der Waals surface area contributed by atoms with Gasteiger partial charge in [0.25, 0.3) is 0 Å². The molecule has 5 rings (SSSR count). The molecule has 3 nitrogen and oxygen atoms in total. The van der Waals surface area contributed by atoms with Gasteiger partial charge in [-0.3, -0.25) is 0 Å². The summed E-state index contributed by atoms with van der Waals surface area (Å²) in [5.74, 6) is 1.91. The molecule has 0 heterocycles. The molecule has 0 amide bonds. The van der Waals surface area contributed by atoms with Crippen LogP contribution in [0.4, 0.5) is 4.39 Å². The monoisotopic (exact) mass is 408 g/mol. The van der Waals surface area contributed by atoms with Crippen LogP contribution in [0.15, 0.2) is 46.1 Å². The van der Waals surface area contributed by atoms with E-state index in [0.29, 0.717) is 5.92 Å². The van der Waals surface area contributed by atoms with Gasteiger partial charge in [-0.2, -0.15) is 10.2 Å². The van der Waals surface area contributed by atoms with E-state index in [-0.39, 0.29) is 22.8 Å². The fourth-order valence-electron chi connectivity index (χ4n) is 7.31. The van der Waals surface area contributed by atoms with Crippen LogP contribution in [0.2, 0.25) is 0 Å². The highest BCUT2D eigenvalue weighted by molar-refractivity contribution is 5.93. The summed E-state index contributed by atoms with van der Waals surface area (Å²) in [5.41, 5.74) is 4.09. The maximum atomic E-state index is 13.1. The molecule has 160 valence electrons. The molecular formula is C26H33FN2O. The Hall–Kier alpha value is -1.81. The molecule has 3 fully saturated rings. The minimum absolute atomic E-state index is 0.140. The second-order valence-corrected chi connectivity index (χ2v) is 10.5. The van der Waals surface area contributed by atoms with E-state index >= 15 is 0 Å². The highest BCUT2D eigenvalue weighted by Gasteiger charge is 2.57. The van der Waals surface area contributed by atoms with Gasteiger partial charge in [0, 0.05) is 11.1 Å². The van der Waals surface area contributed by atoms with Crippen molar-refractivity contribution in [1.82, 2.24) is 0 Å². The molecule has 1 aromatic rings. The van der Waals surface area contributed by atoms with E-state index in [4.69, 9.17) is 0 Å². The number of halogens is 1. The lowest BCUT2D eigenvalue weighted by Gasteiger charge is -2.57. The molecule has 0 bridgehead atoms. The lowest BCUT2D eigenvalue weighted by atomic mass is 9.48. The first-order valence-electron chi connectivity index (χ1n) is 11.6. The maximum Gasteiger partial charge on any atom is 0.123 e. The van der Waals surface area contributed by atoms with Gasteiger partial charge in [-0.05, 0) is 92.2 Å². The Bertz CT molecular complexity index is 904. The van der Waals surface area contributed by atoms with Gasteiger partial charge in [0.15, 0.2) is 0 Å². The zero-order valence-corrected chi connectivity index (χ0v) is 18.1. The molecule has 1 aromatic carbocycles. The van der Waals surface area contributed by atoms with Crippen molar-refractivity contribution < 1.29 is 9.50 Å². The molecule has 0 saturated heterocycles. The zero-order valence-electron chi connectivity index (χ0n) is 18.1. The third kappa shape index (κ3) is 3.19. The van der Waals surface area contributed by atoms with Crippen LogP contribution in [0.5, 0.6) is 0 Å². The van der Waals surface area contributed by atoms with Crippen molar-refractivity contribution in [3.8, 4) is 0 Å². The Labute approximate surface area is 179 Å². The number of hydrogen-bond acceptors (Lipinski definition) is 3. The van der Waals surface area contributed by atoms with Crippen LogP contribution in [-0.2, 0) is 0 Å². The first-order valence-corrected chi connectivity index (χ1v) is 11.6. The summed E-state index contributed by atoms with van der Waals surface area (Å²) < 4.78 is 13.1. The average Bonchev–Trinajstić information content (AvgIpc) is 3.06. The van der Waals surface area contributed by atoms with Crippen molar-refractivity contribution in [2.45, 2.75) is 71.3 Å². The van der Waals surface area contributed by atoms with Crippen LogP contribution < -0.4 is 0 Å². The second-order valence-electron chi connectivity index (χ2n) is 10.5. The minimum Gasteiger partial charge on any atom is -0.393 e. The molecule has 0 aromatic heterocycles. The van der Waals surface area contributed by atoms with Crippen LogP contribution in [0.3, 0.4) is 0 Å². The Morgan fingerprint density at radius 2 is 1.77 bits per heavy atom. The van der Waals surface area contributed by atoms with Crippen LogP contribution in [-0.4, -0.2) is 23.1 Å². The first kappa shape index (κ1) is 20.1. The minimum atomic E-state index is -0.229. The van der Waals surface area contributed by atoms with E-state index in [9.17, 15) is 9.50 Å². The van der Waals surface area contributed by atoms with Gasteiger partial charge < -0.3 is 5.11 Å². The van der Waals surface area contributed by atoms with Crippen LogP contribution in [0.1, 0.15) is 70.8 Å². The maximum absolute atomic E-state index is 13.1. The lowest BCUT2D eigenvalue weighted by molar-refractivity contribution is -0.0209. The predicted octanol–water partition coefficient (Wildman–Crippen LogP) is 5.92.